The highest BCUT2D eigenvalue weighted by Crippen LogP contribution is 2.46. The van der Waals surface area contributed by atoms with Gasteiger partial charge in [0.2, 0.25) is 5.75 Å². The largest absolute Gasteiger partial charge is 0.544 e. The van der Waals surface area contributed by atoms with Crippen molar-refractivity contribution in [2.75, 3.05) is 34.4 Å². The van der Waals surface area contributed by atoms with Crippen molar-refractivity contribution in [3.05, 3.63) is 30.4 Å². The molecular formula is C24H33NO7. The number of likely N-dealkylation sites (tertiary alicyclic amines) is 1. The number of aliphatic carboxylic acids is 1. The molecule has 0 saturated carbocycles. The fraction of sp³-hybridized carbons (Fsp3) is 0.542. The number of Topliss-reactive ketones (excluding diaryl/α,β-unsaturated/α-hetero) is 1. The number of quaternary nitrogens is 1. The van der Waals surface area contributed by atoms with Gasteiger partial charge in [-0.2, -0.15) is 0 Å². The first-order valence-corrected chi connectivity index (χ1v) is 10.6. The van der Waals surface area contributed by atoms with E-state index in [1.807, 2.05) is 6.92 Å². The van der Waals surface area contributed by atoms with Crippen molar-refractivity contribution in [3.8, 4) is 17.2 Å². The van der Waals surface area contributed by atoms with Gasteiger partial charge in [0, 0.05) is 17.8 Å². The van der Waals surface area contributed by atoms with E-state index in [9.17, 15) is 19.5 Å². The number of nitrogens with zero attached hydrogens (tertiary/aromatic N) is 1. The number of carboxylic acid groups (broad SMARTS) is 1. The SMILES string of the molecule is C=CC[N+]1(C(=O)C(=O)C(C)(C)CC)CCC(c2cc(OC)c(OC)c(OC)c2)[C@H]1C(=O)[O-]. The van der Waals surface area contributed by atoms with Crippen LogP contribution in [0.1, 0.15) is 45.1 Å². The van der Waals surface area contributed by atoms with Crippen LogP contribution in [0.4, 0.5) is 0 Å². The summed E-state index contributed by atoms with van der Waals surface area (Å²) < 4.78 is 15.6. The lowest BCUT2D eigenvalue weighted by Gasteiger charge is -2.39. The Morgan fingerprint density at radius 2 is 1.72 bits per heavy atom. The molecule has 1 amide bonds. The number of carbonyl (C=O) groups excluding carboxylic acids is 3. The number of hydrogen-bond acceptors (Lipinski definition) is 7. The summed E-state index contributed by atoms with van der Waals surface area (Å²) in [5, 5.41) is 12.4. The second kappa shape index (κ2) is 9.73. The molecule has 0 N–H and O–H groups in total. The summed E-state index contributed by atoms with van der Waals surface area (Å²) in [6.07, 6.45) is 2.30. The number of hydrogen-bond donors (Lipinski definition) is 0. The van der Waals surface area contributed by atoms with Crippen LogP contribution in [0.2, 0.25) is 0 Å². The fourth-order valence-electron chi connectivity index (χ4n) is 4.44. The highest BCUT2D eigenvalue weighted by atomic mass is 16.5. The van der Waals surface area contributed by atoms with E-state index in [2.05, 4.69) is 6.58 Å². The fourth-order valence-corrected chi connectivity index (χ4v) is 4.44. The lowest BCUT2D eigenvalue weighted by molar-refractivity contribution is -0.852. The number of carboxylic acids is 1. The summed E-state index contributed by atoms with van der Waals surface area (Å²) >= 11 is 0. The number of methoxy groups -OCH3 is 3. The average molecular weight is 448 g/mol. The Labute approximate surface area is 189 Å². The molecule has 2 unspecified atom stereocenters. The van der Waals surface area contributed by atoms with Crippen molar-refractivity contribution in [3.63, 3.8) is 0 Å². The van der Waals surface area contributed by atoms with Gasteiger partial charge in [0.05, 0.1) is 27.9 Å². The molecule has 0 spiro atoms. The van der Waals surface area contributed by atoms with Gasteiger partial charge >= 0.3 is 5.91 Å². The van der Waals surface area contributed by atoms with Gasteiger partial charge in [-0.3, -0.25) is 4.79 Å². The Hall–Kier alpha value is -2.87. The van der Waals surface area contributed by atoms with Crippen LogP contribution in [0.5, 0.6) is 17.2 Å². The highest BCUT2D eigenvalue weighted by molar-refractivity contribution is 6.35. The van der Waals surface area contributed by atoms with Crippen LogP contribution in [-0.4, -0.2) is 62.6 Å². The molecule has 8 nitrogen and oxygen atoms in total. The molecule has 32 heavy (non-hydrogen) atoms. The van der Waals surface area contributed by atoms with Crippen LogP contribution < -0.4 is 19.3 Å². The maximum atomic E-state index is 13.5. The van der Waals surface area contributed by atoms with E-state index in [-0.39, 0.29) is 13.1 Å². The molecule has 0 radical (unpaired) electrons. The maximum Gasteiger partial charge on any atom is 0.383 e. The number of ether oxygens (including phenoxy) is 3. The molecule has 1 saturated heterocycles. The minimum absolute atomic E-state index is 0.0178. The van der Waals surface area contributed by atoms with Gasteiger partial charge < -0.3 is 24.1 Å². The van der Waals surface area contributed by atoms with Gasteiger partial charge in [-0.25, -0.2) is 9.28 Å². The van der Waals surface area contributed by atoms with Crippen molar-refractivity contribution < 1.29 is 38.2 Å². The Morgan fingerprint density at radius 1 is 1.16 bits per heavy atom. The molecule has 1 fully saturated rings. The minimum atomic E-state index is -1.39. The van der Waals surface area contributed by atoms with Crippen molar-refractivity contribution in [2.45, 2.75) is 45.6 Å². The smallest absolute Gasteiger partial charge is 0.383 e. The first kappa shape index (κ1) is 25.4. The molecule has 1 aliphatic rings. The first-order chi connectivity index (χ1) is 15.0. The van der Waals surface area contributed by atoms with Crippen molar-refractivity contribution >= 4 is 17.7 Å². The number of benzene rings is 1. The molecule has 8 heteroatoms. The predicted octanol–water partition coefficient (Wildman–Crippen LogP) is 1.85. The summed E-state index contributed by atoms with van der Waals surface area (Å²) in [6.45, 7) is 9.12. The quantitative estimate of drug-likeness (QED) is 0.306. The molecule has 0 aliphatic carbocycles. The van der Waals surface area contributed by atoms with E-state index in [1.54, 1.807) is 26.0 Å². The van der Waals surface area contributed by atoms with E-state index in [1.165, 1.54) is 27.4 Å². The van der Waals surface area contributed by atoms with Crippen LogP contribution in [0.25, 0.3) is 0 Å². The summed E-state index contributed by atoms with van der Waals surface area (Å²) in [7, 11) is 4.42. The van der Waals surface area contributed by atoms with Crippen molar-refractivity contribution in [1.29, 1.82) is 0 Å². The van der Waals surface area contributed by atoms with Gasteiger partial charge in [-0.15, -0.1) is 0 Å². The van der Waals surface area contributed by atoms with Gasteiger partial charge in [0.15, 0.2) is 11.5 Å². The second-order valence-corrected chi connectivity index (χ2v) is 8.72. The molecule has 2 rings (SSSR count). The average Bonchev–Trinajstić information content (AvgIpc) is 3.17. The number of ketones is 1. The second-order valence-electron chi connectivity index (χ2n) is 8.72. The molecule has 1 heterocycles. The third kappa shape index (κ3) is 4.24. The third-order valence-electron chi connectivity index (χ3n) is 6.66. The van der Waals surface area contributed by atoms with Crippen LogP contribution in [0, 0.1) is 5.41 Å². The van der Waals surface area contributed by atoms with Crippen LogP contribution in [0.3, 0.4) is 0 Å². The van der Waals surface area contributed by atoms with Crippen molar-refractivity contribution in [2.24, 2.45) is 5.41 Å². The Balaban J connectivity index is 2.65. The highest BCUT2D eigenvalue weighted by Gasteiger charge is 2.57. The molecule has 176 valence electrons. The molecule has 0 aromatic heterocycles. The molecule has 3 atom stereocenters. The Kier molecular flexibility index (Phi) is 7.72. The van der Waals surface area contributed by atoms with E-state index in [0.29, 0.717) is 35.7 Å². The first-order valence-electron chi connectivity index (χ1n) is 10.6. The predicted molar refractivity (Wildman–Crippen MR) is 117 cm³/mol. The summed E-state index contributed by atoms with van der Waals surface area (Å²) in [5.74, 6) is -2.16. The maximum absolute atomic E-state index is 13.5. The zero-order chi connectivity index (χ0) is 24.3. The van der Waals surface area contributed by atoms with Gasteiger partial charge in [0.1, 0.15) is 18.6 Å². The minimum Gasteiger partial charge on any atom is -0.544 e. The molecule has 1 aromatic carbocycles. The van der Waals surface area contributed by atoms with Crippen LogP contribution in [0.15, 0.2) is 24.8 Å². The Bertz CT molecular complexity index is 883. The van der Waals surface area contributed by atoms with E-state index < -0.39 is 39.5 Å². The lowest BCUT2D eigenvalue weighted by Crippen LogP contribution is -2.65. The molecule has 1 aromatic rings. The van der Waals surface area contributed by atoms with Crippen molar-refractivity contribution in [1.82, 2.24) is 0 Å². The zero-order valence-electron chi connectivity index (χ0n) is 19.7. The van der Waals surface area contributed by atoms with Crippen LogP contribution >= 0.6 is 0 Å². The summed E-state index contributed by atoms with van der Waals surface area (Å²) in [5.41, 5.74) is -0.294. The van der Waals surface area contributed by atoms with Gasteiger partial charge in [-0.1, -0.05) is 27.4 Å². The third-order valence-corrected chi connectivity index (χ3v) is 6.66. The topological polar surface area (TPSA) is 102 Å². The summed E-state index contributed by atoms with van der Waals surface area (Å²) in [4.78, 5) is 39.0. The normalized spacial score (nSPS) is 22.8. The number of rotatable bonds is 10. The van der Waals surface area contributed by atoms with Gasteiger partial charge in [0.25, 0.3) is 5.78 Å². The lowest BCUT2D eigenvalue weighted by atomic mass is 9.83. The number of amides is 1. The monoisotopic (exact) mass is 447 g/mol. The van der Waals surface area contributed by atoms with Crippen LogP contribution in [-0.2, 0) is 14.4 Å². The molecule has 0 bridgehead atoms. The number of carbonyl (C=O) groups is 3. The van der Waals surface area contributed by atoms with Gasteiger partial charge in [-0.05, 0) is 30.2 Å². The Morgan fingerprint density at radius 3 is 2.12 bits per heavy atom. The van der Waals surface area contributed by atoms with E-state index in [4.69, 9.17) is 14.2 Å². The summed E-state index contributed by atoms with van der Waals surface area (Å²) in [6, 6.07) is 2.09. The molecule has 1 aliphatic heterocycles. The van der Waals surface area contributed by atoms with E-state index >= 15 is 0 Å². The van der Waals surface area contributed by atoms with E-state index in [0.717, 1.165) is 0 Å². The molecular weight excluding hydrogens is 414 g/mol. The standard InChI is InChI=1S/C24H33NO7/c1-8-11-25(22(27)21(26)24(3,4)9-2)12-10-16(19(25)23(28)29)15-13-17(30-5)20(32-7)18(14-15)31-6/h8,13-14,16,19H,1,9-12H2,2-7H3/t16?,19-,25?/m0/s1. The zero-order valence-corrected chi connectivity index (χ0v) is 19.7.